The van der Waals surface area contributed by atoms with Crippen LogP contribution in [-0.2, 0) is 0 Å². The summed E-state index contributed by atoms with van der Waals surface area (Å²) in [5.41, 5.74) is 2.46. The van der Waals surface area contributed by atoms with Crippen molar-refractivity contribution >= 4 is 17.6 Å². The molecule has 1 N–H and O–H groups in total. The van der Waals surface area contributed by atoms with E-state index in [1.54, 1.807) is 18.1 Å². The minimum absolute atomic E-state index is 0.387. The van der Waals surface area contributed by atoms with Crippen molar-refractivity contribution in [3.8, 4) is 0 Å². The van der Waals surface area contributed by atoms with E-state index in [4.69, 9.17) is 0 Å². The first-order valence-corrected chi connectivity index (χ1v) is 7.76. The zero-order chi connectivity index (χ0) is 14.5. The van der Waals surface area contributed by atoms with Crippen LogP contribution in [0.2, 0.25) is 0 Å². The normalized spacial score (nSPS) is 10.8. The molecule has 0 fully saturated rings. The molecule has 0 aliphatic heterocycles. The fraction of sp³-hybridized carbons (Fsp3) is 0.375. The molecule has 0 radical (unpaired) electrons. The van der Waals surface area contributed by atoms with Gasteiger partial charge >= 0.3 is 0 Å². The molecule has 106 valence electrons. The maximum absolute atomic E-state index is 4.48. The first-order chi connectivity index (χ1) is 9.61. The lowest BCUT2D eigenvalue weighted by Gasteiger charge is -2.16. The topological polar surface area (TPSA) is 37.8 Å². The van der Waals surface area contributed by atoms with Gasteiger partial charge < -0.3 is 5.32 Å². The first-order valence-electron chi connectivity index (χ1n) is 6.95. The van der Waals surface area contributed by atoms with Gasteiger partial charge in [0.05, 0.1) is 0 Å². The molecule has 0 spiro atoms. The SMILES string of the molecule is CCNc1ncnc(Sc2cccc(C)c2)c1C(C)C. The van der Waals surface area contributed by atoms with Gasteiger partial charge in [-0.05, 0) is 31.9 Å². The van der Waals surface area contributed by atoms with Gasteiger partial charge in [0.15, 0.2) is 0 Å². The van der Waals surface area contributed by atoms with E-state index in [1.807, 2.05) is 0 Å². The van der Waals surface area contributed by atoms with E-state index in [2.05, 4.69) is 67.2 Å². The minimum Gasteiger partial charge on any atom is -0.370 e. The molecule has 20 heavy (non-hydrogen) atoms. The number of nitrogens with one attached hydrogen (secondary N) is 1. The summed E-state index contributed by atoms with van der Waals surface area (Å²) in [5.74, 6) is 1.34. The third-order valence-corrected chi connectivity index (χ3v) is 3.98. The van der Waals surface area contributed by atoms with Gasteiger partial charge in [-0.2, -0.15) is 0 Å². The average molecular weight is 287 g/mol. The summed E-state index contributed by atoms with van der Waals surface area (Å²) in [6.45, 7) is 9.42. The highest BCUT2D eigenvalue weighted by molar-refractivity contribution is 7.99. The monoisotopic (exact) mass is 287 g/mol. The van der Waals surface area contributed by atoms with E-state index >= 15 is 0 Å². The fourth-order valence-electron chi connectivity index (χ4n) is 2.08. The molecule has 0 amide bonds. The van der Waals surface area contributed by atoms with Crippen molar-refractivity contribution in [2.24, 2.45) is 0 Å². The van der Waals surface area contributed by atoms with Crippen molar-refractivity contribution in [2.45, 2.75) is 43.5 Å². The van der Waals surface area contributed by atoms with Gasteiger partial charge in [0.1, 0.15) is 17.2 Å². The Balaban J connectivity index is 2.38. The molecular weight excluding hydrogens is 266 g/mol. The Bertz CT molecular complexity index is 582. The van der Waals surface area contributed by atoms with E-state index in [9.17, 15) is 0 Å². The summed E-state index contributed by atoms with van der Waals surface area (Å²) in [6.07, 6.45) is 1.64. The Morgan fingerprint density at radius 3 is 2.70 bits per heavy atom. The lowest BCUT2D eigenvalue weighted by Crippen LogP contribution is -2.07. The minimum atomic E-state index is 0.387. The third-order valence-electron chi connectivity index (χ3n) is 2.97. The van der Waals surface area contributed by atoms with Crippen molar-refractivity contribution in [3.63, 3.8) is 0 Å². The summed E-state index contributed by atoms with van der Waals surface area (Å²) < 4.78 is 0. The summed E-state index contributed by atoms with van der Waals surface area (Å²) in [5, 5.41) is 4.37. The average Bonchev–Trinajstić information content (AvgIpc) is 2.39. The molecule has 0 atom stereocenters. The number of aromatic nitrogens is 2. The van der Waals surface area contributed by atoms with Crippen molar-refractivity contribution in [3.05, 3.63) is 41.7 Å². The molecular formula is C16H21N3S. The Hall–Kier alpha value is -1.55. The molecule has 0 saturated carbocycles. The molecule has 1 aromatic heterocycles. The number of nitrogens with zero attached hydrogens (tertiary/aromatic N) is 2. The van der Waals surface area contributed by atoms with Crippen molar-refractivity contribution < 1.29 is 0 Å². The van der Waals surface area contributed by atoms with Crippen LogP contribution >= 0.6 is 11.8 Å². The molecule has 3 nitrogen and oxygen atoms in total. The van der Waals surface area contributed by atoms with Crippen LogP contribution in [0.5, 0.6) is 0 Å². The Labute approximate surface area is 125 Å². The highest BCUT2D eigenvalue weighted by Crippen LogP contribution is 2.35. The zero-order valence-corrected chi connectivity index (χ0v) is 13.3. The standard InChI is InChI=1S/C16H21N3S/c1-5-17-15-14(11(2)3)16(19-10-18-15)20-13-8-6-7-12(4)9-13/h6-11H,5H2,1-4H3,(H,17,18,19). The molecule has 0 aliphatic carbocycles. The van der Waals surface area contributed by atoms with E-state index in [-0.39, 0.29) is 0 Å². The Morgan fingerprint density at radius 1 is 1.25 bits per heavy atom. The van der Waals surface area contributed by atoms with Gasteiger partial charge in [0, 0.05) is 17.0 Å². The lowest BCUT2D eigenvalue weighted by atomic mass is 10.1. The molecule has 0 bridgehead atoms. The van der Waals surface area contributed by atoms with Gasteiger partial charge in [-0.1, -0.05) is 43.3 Å². The predicted molar refractivity (Wildman–Crippen MR) is 85.6 cm³/mol. The number of hydrogen-bond acceptors (Lipinski definition) is 4. The van der Waals surface area contributed by atoms with Crippen molar-refractivity contribution in [1.82, 2.24) is 9.97 Å². The summed E-state index contributed by atoms with van der Waals surface area (Å²) in [4.78, 5) is 10.1. The summed E-state index contributed by atoms with van der Waals surface area (Å²) in [7, 11) is 0. The second-order valence-corrected chi connectivity index (χ2v) is 6.11. The number of hydrogen-bond donors (Lipinski definition) is 1. The fourth-order valence-corrected chi connectivity index (χ4v) is 3.24. The number of anilines is 1. The second kappa shape index (κ2) is 6.75. The largest absolute Gasteiger partial charge is 0.370 e. The van der Waals surface area contributed by atoms with Gasteiger partial charge in [-0.3, -0.25) is 0 Å². The zero-order valence-electron chi connectivity index (χ0n) is 12.5. The van der Waals surface area contributed by atoms with Crippen LogP contribution < -0.4 is 5.32 Å². The Kier molecular flexibility index (Phi) is 5.01. The van der Waals surface area contributed by atoms with Crippen molar-refractivity contribution in [1.29, 1.82) is 0 Å². The van der Waals surface area contributed by atoms with Crippen LogP contribution in [0.1, 0.15) is 37.8 Å². The van der Waals surface area contributed by atoms with E-state index in [0.29, 0.717) is 5.92 Å². The second-order valence-electron chi connectivity index (χ2n) is 5.04. The van der Waals surface area contributed by atoms with E-state index < -0.39 is 0 Å². The highest BCUT2D eigenvalue weighted by atomic mass is 32.2. The van der Waals surface area contributed by atoms with Crippen LogP contribution in [0.25, 0.3) is 0 Å². The molecule has 0 aliphatic rings. The smallest absolute Gasteiger partial charge is 0.133 e. The lowest BCUT2D eigenvalue weighted by molar-refractivity contribution is 0.803. The van der Waals surface area contributed by atoms with Crippen LogP contribution in [0.3, 0.4) is 0 Å². The van der Waals surface area contributed by atoms with Gasteiger partial charge in [0.25, 0.3) is 0 Å². The molecule has 4 heteroatoms. The molecule has 2 rings (SSSR count). The van der Waals surface area contributed by atoms with Gasteiger partial charge in [-0.25, -0.2) is 9.97 Å². The maximum atomic E-state index is 4.48. The van der Waals surface area contributed by atoms with Crippen LogP contribution in [0, 0.1) is 6.92 Å². The van der Waals surface area contributed by atoms with Gasteiger partial charge in [0.2, 0.25) is 0 Å². The number of benzene rings is 1. The Morgan fingerprint density at radius 2 is 2.05 bits per heavy atom. The predicted octanol–water partition coefficient (Wildman–Crippen LogP) is 4.49. The highest BCUT2D eigenvalue weighted by Gasteiger charge is 2.15. The van der Waals surface area contributed by atoms with Crippen LogP contribution in [0.4, 0.5) is 5.82 Å². The number of aryl methyl sites for hydroxylation is 1. The molecule has 1 heterocycles. The van der Waals surface area contributed by atoms with Gasteiger partial charge in [-0.15, -0.1) is 0 Å². The molecule has 0 unspecified atom stereocenters. The quantitative estimate of drug-likeness (QED) is 0.822. The van der Waals surface area contributed by atoms with E-state index in [1.165, 1.54) is 16.0 Å². The summed E-state index contributed by atoms with van der Waals surface area (Å²) >= 11 is 1.71. The molecule has 1 aromatic carbocycles. The molecule has 0 saturated heterocycles. The summed E-state index contributed by atoms with van der Waals surface area (Å²) in [6, 6.07) is 8.50. The molecule has 2 aromatic rings. The van der Waals surface area contributed by atoms with Crippen LogP contribution in [0.15, 0.2) is 40.5 Å². The number of rotatable bonds is 5. The maximum Gasteiger partial charge on any atom is 0.133 e. The van der Waals surface area contributed by atoms with Crippen LogP contribution in [-0.4, -0.2) is 16.5 Å². The van der Waals surface area contributed by atoms with E-state index in [0.717, 1.165) is 17.4 Å². The van der Waals surface area contributed by atoms with Crippen molar-refractivity contribution in [2.75, 3.05) is 11.9 Å². The third kappa shape index (κ3) is 3.51. The first kappa shape index (κ1) is 14.9.